The van der Waals surface area contributed by atoms with Crippen LogP contribution in [0.3, 0.4) is 0 Å². The summed E-state index contributed by atoms with van der Waals surface area (Å²) >= 11 is 0. The molecule has 2 aliphatic rings. The lowest BCUT2D eigenvalue weighted by atomic mass is 10.0. The average Bonchev–Trinajstić information content (AvgIpc) is 2.70. The molecule has 1 aliphatic carbocycles. The Kier molecular flexibility index (Phi) is 4.81. The van der Waals surface area contributed by atoms with Crippen LogP contribution in [-0.2, 0) is 4.79 Å². The summed E-state index contributed by atoms with van der Waals surface area (Å²) in [6.07, 6.45) is 11.2. The molecule has 0 bridgehead atoms. The van der Waals surface area contributed by atoms with Crippen LogP contribution in [0.4, 0.5) is 0 Å². The summed E-state index contributed by atoms with van der Waals surface area (Å²) < 4.78 is 0. The fourth-order valence-corrected chi connectivity index (χ4v) is 3.14. The van der Waals surface area contributed by atoms with E-state index >= 15 is 0 Å². The van der Waals surface area contributed by atoms with Crippen LogP contribution < -0.4 is 5.32 Å². The number of hydrogen-bond acceptors (Lipinski definition) is 2. The molecule has 1 aliphatic heterocycles. The molecule has 1 saturated heterocycles. The van der Waals surface area contributed by atoms with Gasteiger partial charge in [0.2, 0.25) is 5.91 Å². The summed E-state index contributed by atoms with van der Waals surface area (Å²) in [5, 5.41) is 3.20. The lowest BCUT2D eigenvalue weighted by Crippen LogP contribution is -2.48. The first kappa shape index (κ1) is 13.6. The van der Waals surface area contributed by atoms with Gasteiger partial charge in [-0.3, -0.25) is 4.79 Å². The van der Waals surface area contributed by atoms with Gasteiger partial charge in [-0.1, -0.05) is 19.1 Å². The lowest BCUT2D eigenvalue weighted by Gasteiger charge is -2.31. The van der Waals surface area contributed by atoms with Crippen molar-refractivity contribution in [3.63, 3.8) is 0 Å². The van der Waals surface area contributed by atoms with E-state index in [0.29, 0.717) is 17.9 Å². The highest BCUT2D eigenvalue weighted by Crippen LogP contribution is 2.24. The van der Waals surface area contributed by atoms with E-state index in [0.717, 1.165) is 32.2 Å². The average molecular weight is 250 g/mol. The predicted molar refractivity (Wildman–Crippen MR) is 74.4 cm³/mol. The number of carbonyl (C=O) groups is 1. The minimum atomic E-state index is 0.0229. The van der Waals surface area contributed by atoms with Crippen molar-refractivity contribution < 1.29 is 4.79 Å². The van der Waals surface area contributed by atoms with Gasteiger partial charge in [0.1, 0.15) is 0 Å². The van der Waals surface area contributed by atoms with E-state index in [2.05, 4.69) is 29.3 Å². The molecule has 0 aromatic carbocycles. The Hall–Kier alpha value is -0.830. The molecule has 1 N–H and O–H groups in total. The number of allylic oxidation sites excluding steroid dienone is 1. The van der Waals surface area contributed by atoms with Gasteiger partial charge in [0, 0.05) is 12.6 Å². The summed E-state index contributed by atoms with van der Waals surface area (Å²) in [7, 11) is 1.91. The minimum Gasteiger partial charge on any atom is -0.338 e. The quantitative estimate of drug-likeness (QED) is 0.763. The summed E-state index contributed by atoms with van der Waals surface area (Å²) in [4.78, 5) is 14.7. The Balaban J connectivity index is 2.09. The van der Waals surface area contributed by atoms with Gasteiger partial charge >= 0.3 is 0 Å². The lowest BCUT2D eigenvalue weighted by molar-refractivity contribution is -0.135. The second-order valence-corrected chi connectivity index (χ2v) is 5.79. The molecule has 0 aromatic heterocycles. The van der Waals surface area contributed by atoms with Crippen LogP contribution in [0.2, 0.25) is 0 Å². The van der Waals surface area contributed by atoms with Crippen molar-refractivity contribution in [3.8, 4) is 0 Å². The zero-order valence-electron chi connectivity index (χ0n) is 11.7. The number of amides is 1. The Morgan fingerprint density at radius 2 is 2.17 bits per heavy atom. The maximum Gasteiger partial charge on any atom is 0.239 e. The smallest absolute Gasteiger partial charge is 0.239 e. The van der Waals surface area contributed by atoms with Crippen molar-refractivity contribution >= 4 is 5.91 Å². The van der Waals surface area contributed by atoms with Gasteiger partial charge in [0.25, 0.3) is 0 Å². The number of likely N-dealkylation sites (N-methyl/N-ethyl adjacent to an activating group) is 1. The van der Waals surface area contributed by atoms with Gasteiger partial charge in [-0.15, -0.1) is 0 Å². The molecule has 1 heterocycles. The summed E-state index contributed by atoms with van der Waals surface area (Å²) in [6.45, 7) is 3.20. The second-order valence-electron chi connectivity index (χ2n) is 5.79. The molecule has 3 unspecified atom stereocenters. The first-order valence-corrected chi connectivity index (χ1v) is 7.35. The van der Waals surface area contributed by atoms with Crippen molar-refractivity contribution in [2.75, 3.05) is 13.6 Å². The molecule has 3 nitrogen and oxygen atoms in total. The Bertz CT molecular complexity index is 314. The van der Waals surface area contributed by atoms with Crippen molar-refractivity contribution in [1.29, 1.82) is 0 Å². The Labute approximate surface area is 111 Å². The first-order chi connectivity index (χ1) is 8.72. The van der Waals surface area contributed by atoms with Gasteiger partial charge in [0.15, 0.2) is 0 Å². The molecule has 1 amide bonds. The highest BCUT2D eigenvalue weighted by atomic mass is 16.2. The number of likely N-dealkylation sites (tertiary alicyclic amines) is 1. The van der Waals surface area contributed by atoms with E-state index in [1.165, 1.54) is 12.8 Å². The van der Waals surface area contributed by atoms with E-state index in [9.17, 15) is 4.79 Å². The molecule has 2 rings (SSSR count). The van der Waals surface area contributed by atoms with Crippen LogP contribution >= 0.6 is 0 Å². The largest absolute Gasteiger partial charge is 0.338 e. The van der Waals surface area contributed by atoms with Crippen LogP contribution in [0.15, 0.2) is 12.2 Å². The normalized spacial score (nSPS) is 34.2. The number of nitrogens with zero attached hydrogens (tertiary/aromatic N) is 1. The SMILES string of the molecule is CNC1CC(C)CCN(C2CC=CCCC2)C1=O. The van der Waals surface area contributed by atoms with E-state index in [-0.39, 0.29) is 6.04 Å². The molecule has 0 aromatic rings. The van der Waals surface area contributed by atoms with Gasteiger partial charge in [0.05, 0.1) is 6.04 Å². The molecule has 3 atom stereocenters. The van der Waals surface area contributed by atoms with Crippen LogP contribution in [0, 0.1) is 5.92 Å². The third-order valence-electron chi connectivity index (χ3n) is 4.35. The number of rotatable bonds is 2. The van der Waals surface area contributed by atoms with E-state index in [4.69, 9.17) is 0 Å². The van der Waals surface area contributed by atoms with Gasteiger partial charge < -0.3 is 10.2 Å². The number of carbonyl (C=O) groups excluding carboxylic acids is 1. The first-order valence-electron chi connectivity index (χ1n) is 7.35. The zero-order chi connectivity index (χ0) is 13.0. The highest BCUT2D eigenvalue weighted by Gasteiger charge is 2.32. The van der Waals surface area contributed by atoms with Gasteiger partial charge in [-0.2, -0.15) is 0 Å². The second kappa shape index (κ2) is 6.37. The molecule has 0 saturated carbocycles. The molecule has 18 heavy (non-hydrogen) atoms. The number of hydrogen-bond donors (Lipinski definition) is 1. The topological polar surface area (TPSA) is 32.3 Å². The maximum atomic E-state index is 12.6. The fraction of sp³-hybridized carbons (Fsp3) is 0.800. The summed E-state index contributed by atoms with van der Waals surface area (Å²) in [6, 6.07) is 0.451. The van der Waals surface area contributed by atoms with Crippen LogP contribution in [0.1, 0.15) is 45.4 Å². The van der Waals surface area contributed by atoms with Crippen molar-refractivity contribution in [3.05, 3.63) is 12.2 Å². The Morgan fingerprint density at radius 1 is 1.33 bits per heavy atom. The van der Waals surface area contributed by atoms with Gasteiger partial charge in [-0.05, 0) is 51.5 Å². The van der Waals surface area contributed by atoms with Crippen molar-refractivity contribution in [2.24, 2.45) is 5.92 Å². The molecule has 0 radical (unpaired) electrons. The summed E-state index contributed by atoms with van der Waals surface area (Å²) in [5.41, 5.74) is 0. The monoisotopic (exact) mass is 250 g/mol. The molecule has 102 valence electrons. The third kappa shape index (κ3) is 3.14. The standard InChI is InChI=1S/C15H26N2O/c1-12-9-10-17(15(18)14(11-12)16-2)13-7-5-3-4-6-8-13/h3,5,12-14,16H,4,6-11H2,1-2H3. The van der Waals surface area contributed by atoms with E-state index < -0.39 is 0 Å². The summed E-state index contributed by atoms with van der Waals surface area (Å²) in [5.74, 6) is 0.958. The third-order valence-corrected chi connectivity index (χ3v) is 4.35. The maximum absolute atomic E-state index is 12.6. The fourth-order valence-electron chi connectivity index (χ4n) is 3.14. The van der Waals surface area contributed by atoms with Crippen molar-refractivity contribution in [2.45, 2.75) is 57.5 Å². The highest BCUT2D eigenvalue weighted by molar-refractivity contribution is 5.82. The molecule has 0 spiro atoms. The molecular weight excluding hydrogens is 224 g/mol. The van der Waals surface area contributed by atoms with Crippen molar-refractivity contribution in [1.82, 2.24) is 10.2 Å². The molecular formula is C15H26N2O. The predicted octanol–water partition coefficient (Wildman–Crippen LogP) is 2.33. The Morgan fingerprint density at radius 3 is 2.94 bits per heavy atom. The van der Waals surface area contributed by atoms with Crippen LogP contribution in [0.25, 0.3) is 0 Å². The van der Waals surface area contributed by atoms with Crippen LogP contribution in [-0.4, -0.2) is 36.5 Å². The zero-order valence-corrected chi connectivity index (χ0v) is 11.7. The minimum absolute atomic E-state index is 0.0229. The number of nitrogens with one attached hydrogen (secondary N) is 1. The molecule has 1 fully saturated rings. The molecule has 3 heteroatoms. The van der Waals surface area contributed by atoms with E-state index in [1.54, 1.807) is 0 Å². The van der Waals surface area contributed by atoms with E-state index in [1.807, 2.05) is 7.05 Å². The van der Waals surface area contributed by atoms with Crippen LogP contribution in [0.5, 0.6) is 0 Å². The van der Waals surface area contributed by atoms with Gasteiger partial charge in [-0.25, -0.2) is 0 Å².